The van der Waals surface area contributed by atoms with Crippen LogP contribution in [-0.2, 0) is 17.8 Å². The molecular weight excluding hydrogens is 299 g/mol. The van der Waals surface area contributed by atoms with Gasteiger partial charge in [0.05, 0.1) is 16.6 Å². The van der Waals surface area contributed by atoms with Crippen molar-refractivity contribution in [2.75, 3.05) is 0 Å². The van der Waals surface area contributed by atoms with Gasteiger partial charge in [0.1, 0.15) is 5.82 Å². The zero-order valence-electron chi connectivity index (χ0n) is 10.5. The first kappa shape index (κ1) is 13.5. The quantitative estimate of drug-likeness (QED) is 0.923. The van der Waals surface area contributed by atoms with E-state index in [1.807, 2.05) is 22.8 Å². The Bertz CT molecular complexity index is 682. The second kappa shape index (κ2) is 5.11. The van der Waals surface area contributed by atoms with Crippen molar-refractivity contribution < 1.29 is 9.90 Å². The number of rotatable bonds is 2. The fourth-order valence-electron chi connectivity index (χ4n) is 2.56. The van der Waals surface area contributed by atoms with Gasteiger partial charge < -0.3 is 9.67 Å². The number of nitrogens with zero attached hydrogens (tertiary/aromatic N) is 2. The van der Waals surface area contributed by atoms with Crippen LogP contribution < -0.4 is 0 Å². The first-order valence-corrected chi connectivity index (χ1v) is 7.06. The van der Waals surface area contributed by atoms with Crippen LogP contribution in [0, 0.1) is 5.92 Å². The van der Waals surface area contributed by atoms with Crippen LogP contribution >= 0.6 is 23.2 Å². The molecule has 0 fully saturated rings. The summed E-state index contributed by atoms with van der Waals surface area (Å²) in [5.74, 6) is -0.555. The molecule has 0 radical (unpaired) electrons. The average molecular weight is 311 g/mol. The lowest BCUT2D eigenvalue weighted by Crippen LogP contribution is -2.26. The number of hydrogen-bond donors (Lipinski definition) is 1. The second-order valence-corrected chi connectivity index (χ2v) is 5.60. The molecule has 1 aromatic carbocycles. The molecule has 1 unspecified atom stereocenters. The van der Waals surface area contributed by atoms with Crippen molar-refractivity contribution in [1.82, 2.24) is 9.55 Å². The third-order valence-electron chi connectivity index (χ3n) is 3.62. The summed E-state index contributed by atoms with van der Waals surface area (Å²) in [5.41, 5.74) is 1.66. The molecule has 2 aromatic rings. The predicted molar refractivity (Wildman–Crippen MR) is 77.1 cm³/mol. The van der Waals surface area contributed by atoms with Gasteiger partial charge in [0.15, 0.2) is 5.15 Å². The van der Waals surface area contributed by atoms with E-state index in [0.717, 1.165) is 11.3 Å². The number of halogens is 2. The van der Waals surface area contributed by atoms with Crippen molar-refractivity contribution in [1.29, 1.82) is 0 Å². The average Bonchev–Trinajstić information content (AvgIpc) is 2.76. The summed E-state index contributed by atoms with van der Waals surface area (Å²) in [6.45, 7) is 0.380. The number of carboxylic acid groups (broad SMARTS) is 1. The molecular formula is C14H12Cl2N2O2. The van der Waals surface area contributed by atoms with Gasteiger partial charge in [-0.2, -0.15) is 0 Å². The third kappa shape index (κ3) is 2.19. The summed E-state index contributed by atoms with van der Waals surface area (Å²) < 4.78 is 1.88. The molecule has 0 saturated carbocycles. The van der Waals surface area contributed by atoms with Crippen LogP contribution in [-0.4, -0.2) is 20.6 Å². The molecule has 1 aliphatic heterocycles. The number of carbonyl (C=O) groups is 1. The largest absolute Gasteiger partial charge is 0.481 e. The van der Waals surface area contributed by atoms with E-state index in [0.29, 0.717) is 35.4 Å². The molecule has 104 valence electrons. The molecule has 1 aliphatic rings. The lowest BCUT2D eigenvalue weighted by atomic mass is 9.98. The number of aliphatic carboxylic acids is 1. The highest BCUT2D eigenvalue weighted by atomic mass is 35.5. The first-order chi connectivity index (χ1) is 9.58. The smallest absolute Gasteiger partial charge is 0.308 e. The fraction of sp³-hybridized carbons (Fsp3) is 0.286. The minimum absolute atomic E-state index is 0.380. The Morgan fingerprint density at radius 2 is 2.10 bits per heavy atom. The Hall–Kier alpha value is -1.52. The molecule has 0 aliphatic carbocycles. The highest BCUT2D eigenvalue weighted by Gasteiger charge is 2.29. The van der Waals surface area contributed by atoms with E-state index in [1.54, 1.807) is 6.07 Å². The zero-order valence-corrected chi connectivity index (χ0v) is 12.0. The summed E-state index contributed by atoms with van der Waals surface area (Å²) in [7, 11) is 0. The summed E-state index contributed by atoms with van der Waals surface area (Å²) in [6, 6.07) is 7.35. The topological polar surface area (TPSA) is 55.1 Å². The predicted octanol–water partition coefficient (Wildman–Crippen LogP) is 3.50. The van der Waals surface area contributed by atoms with E-state index in [2.05, 4.69) is 4.98 Å². The first-order valence-electron chi connectivity index (χ1n) is 6.30. The van der Waals surface area contributed by atoms with Crippen molar-refractivity contribution in [3.05, 3.63) is 40.1 Å². The maximum absolute atomic E-state index is 11.2. The van der Waals surface area contributed by atoms with E-state index >= 15 is 0 Å². The Labute approximate surface area is 126 Å². The summed E-state index contributed by atoms with van der Waals surface area (Å²) in [5, 5.41) is 10.2. The van der Waals surface area contributed by atoms with Crippen molar-refractivity contribution >= 4 is 29.2 Å². The third-order valence-corrected chi connectivity index (χ3v) is 4.25. The van der Waals surface area contributed by atoms with Gasteiger partial charge >= 0.3 is 5.97 Å². The van der Waals surface area contributed by atoms with E-state index in [4.69, 9.17) is 23.2 Å². The second-order valence-electron chi connectivity index (χ2n) is 4.84. The molecule has 2 heterocycles. The Balaban J connectivity index is 2.11. The Kier molecular flexibility index (Phi) is 3.44. The number of aromatic nitrogens is 2. The Morgan fingerprint density at radius 3 is 2.80 bits per heavy atom. The van der Waals surface area contributed by atoms with Crippen LogP contribution in [0.25, 0.3) is 11.4 Å². The SMILES string of the molecule is O=C(O)C1CCc2c(Cl)nc(-c3ccccc3Cl)n2C1. The van der Waals surface area contributed by atoms with E-state index in [-0.39, 0.29) is 0 Å². The van der Waals surface area contributed by atoms with Gasteiger partial charge in [0, 0.05) is 12.1 Å². The van der Waals surface area contributed by atoms with Crippen LogP contribution in [0.2, 0.25) is 10.2 Å². The maximum Gasteiger partial charge on any atom is 0.308 e. The van der Waals surface area contributed by atoms with Gasteiger partial charge in [-0.25, -0.2) is 4.98 Å². The van der Waals surface area contributed by atoms with Crippen LogP contribution in [0.15, 0.2) is 24.3 Å². The maximum atomic E-state index is 11.2. The number of hydrogen-bond acceptors (Lipinski definition) is 2. The van der Waals surface area contributed by atoms with Crippen LogP contribution in [0.3, 0.4) is 0 Å². The monoisotopic (exact) mass is 310 g/mol. The van der Waals surface area contributed by atoms with Gasteiger partial charge in [0.25, 0.3) is 0 Å². The molecule has 0 bridgehead atoms. The van der Waals surface area contributed by atoms with E-state index in [9.17, 15) is 9.90 Å². The summed E-state index contributed by atoms with van der Waals surface area (Å²) >= 11 is 12.4. The Morgan fingerprint density at radius 1 is 1.35 bits per heavy atom. The zero-order chi connectivity index (χ0) is 14.3. The van der Waals surface area contributed by atoms with Crippen molar-refractivity contribution in [3.63, 3.8) is 0 Å². The van der Waals surface area contributed by atoms with Crippen LogP contribution in [0.5, 0.6) is 0 Å². The van der Waals surface area contributed by atoms with Crippen molar-refractivity contribution in [2.24, 2.45) is 5.92 Å². The standard InChI is InChI=1S/C14H12Cl2N2O2/c15-10-4-2-1-3-9(10)13-17-12(16)11-6-5-8(14(19)20)7-18(11)13/h1-4,8H,5-7H2,(H,19,20). The van der Waals surface area contributed by atoms with Crippen LogP contribution in [0.1, 0.15) is 12.1 Å². The minimum atomic E-state index is -0.786. The molecule has 3 rings (SSSR count). The lowest BCUT2D eigenvalue weighted by molar-refractivity contribution is -0.142. The van der Waals surface area contributed by atoms with Crippen molar-refractivity contribution in [2.45, 2.75) is 19.4 Å². The van der Waals surface area contributed by atoms with Gasteiger partial charge in [-0.05, 0) is 25.0 Å². The van der Waals surface area contributed by atoms with E-state index in [1.165, 1.54) is 0 Å². The lowest BCUT2D eigenvalue weighted by Gasteiger charge is -2.22. The molecule has 4 nitrogen and oxygen atoms in total. The number of fused-ring (bicyclic) bond motifs is 1. The van der Waals surface area contributed by atoms with Gasteiger partial charge in [-0.3, -0.25) is 4.79 Å². The molecule has 0 saturated heterocycles. The molecule has 1 aromatic heterocycles. The number of benzene rings is 1. The van der Waals surface area contributed by atoms with E-state index < -0.39 is 11.9 Å². The molecule has 6 heteroatoms. The van der Waals surface area contributed by atoms with Crippen molar-refractivity contribution in [3.8, 4) is 11.4 Å². The van der Waals surface area contributed by atoms with Gasteiger partial charge in [-0.15, -0.1) is 0 Å². The molecule has 0 spiro atoms. The summed E-state index contributed by atoms with van der Waals surface area (Å²) in [4.78, 5) is 15.6. The minimum Gasteiger partial charge on any atom is -0.481 e. The number of imidazole rings is 1. The highest BCUT2D eigenvalue weighted by molar-refractivity contribution is 6.33. The number of carboxylic acids is 1. The van der Waals surface area contributed by atoms with Gasteiger partial charge in [-0.1, -0.05) is 35.3 Å². The highest BCUT2D eigenvalue weighted by Crippen LogP contribution is 2.34. The molecule has 20 heavy (non-hydrogen) atoms. The molecule has 0 amide bonds. The van der Waals surface area contributed by atoms with Crippen LogP contribution in [0.4, 0.5) is 0 Å². The van der Waals surface area contributed by atoms with Gasteiger partial charge in [0.2, 0.25) is 0 Å². The normalized spacial score (nSPS) is 17.8. The molecule has 1 atom stereocenters. The fourth-order valence-corrected chi connectivity index (χ4v) is 3.06. The molecule has 1 N–H and O–H groups in total. The summed E-state index contributed by atoms with van der Waals surface area (Å²) in [6.07, 6.45) is 1.20.